The monoisotopic (exact) mass is 530 g/mol. The lowest BCUT2D eigenvalue weighted by atomic mass is 9.86. The molecule has 0 saturated heterocycles. The van der Waals surface area contributed by atoms with E-state index in [0.717, 1.165) is 28.8 Å². The lowest BCUT2D eigenvalue weighted by molar-refractivity contribution is -0.137. The first kappa shape index (κ1) is 25.3. The second kappa shape index (κ2) is 9.17. The summed E-state index contributed by atoms with van der Waals surface area (Å²) in [7, 11) is 0. The molecule has 3 aromatic heterocycles. The highest BCUT2D eigenvalue weighted by atomic mass is 19.4. The molecule has 0 spiro atoms. The van der Waals surface area contributed by atoms with Crippen LogP contribution in [0.4, 0.5) is 22.0 Å². The van der Waals surface area contributed by atoms with Gasteiger partial charge >= 0.3 is 11.9 Å². The van der Waals surface area contributed by atoms with Gasteiger partial charge in [0.05, 0.1) is 23.8 Å². The molecule has 2 aromatic carbocycles. The quantitative estimate of drug-likeness (QED) is 0.333. The highest BCUT2D eigenvalue weighted by molar-refractivity contribution is 5.62. The molecular formula is C25H19F5N6O2. The van der Waals surface area contributed by atoms with Crippen LogP contribution in [0.5, 0.6) is 0 Å². The fraction of sp³-hybridized carbons (Fsp3) is 0.200. The fourth-order valence-corrected chi connectivity index (χ4v) is 4.34. The molecule has 196 valence electrons. The molecule has 0 radical (unpaired) electrons. The van der Waals surface area contributed by atoms with E-state index in [1.165, 1.54) is 59.3 Å². The van der Waals surface area contributed by atoms with Gasteiger partial charge in [-0.25, -0.2) is 28.2 Å². The van der Waals surface area contributed by atoms with E-state index in [0.29, 0.717) is 11.6 Å². The summed E-state index contributed by atoms with van der Waals surface area (Å²) in [5.41, 5.74) is -2.99. The fourth-order valence-electron chi connectivity index (χ4n) is 4.34. The third kappa shape index (κ3) is 4.45. The maximum absolute atomic E-state index is 14.9. The molecule has 3 heterocycles. The van der Waals surface area contributed by atoms with Gasteiger partial charge in [0.15, 0.2) is 0 Å². The van der Waals surface area contributed by atoms with Gasteiger partial charge in [-0.2, -0.15) is 18.3 Å². The van der Waals surface area contributed by atoms with Crippen molar-refractivity contribution in [2.75, 3.05) is 0 Å². The maximum atomic E-state index is 14.9. The minimum atomic E-state index is -4.49. The van der Waals surface area contributed by atoms with Gasteiger partial charge in [-0.15, -0.1) is 0 Å². The van der Waals surface area contributed by atoms with Gasteiger partial charge in [-0.05, 0) is 31.2 Å². The van der Waals surface area contributed by atoms with Gasteiger partial charge in [0, 0.05) is 29.6 Å². The average Bonchev–Trinajstić information content (AvgIpc) is 3.53. The normalized spacial score (nSPS) is 14.5. The molecule has 5 rings (SSSR count). The van der Waals surface area contributed by atoms with Crippen molar-refractivity contribution in [1.29, 1.82) is 0 Å². The number of benzene rings is 2. The van der Waals surface area contributed by atoms with E-state index in [1.807, 2.05) is 0 Å². The van der Waals surface area contributed by atoms with Gasteiger partial charge in [-0.3, -0.25) is 8.97 Å². The molecular weight excluding hydrogens is 511 g/mol. The van der Waals surface area contributed by atoms with Crippen LogP contribution in [-0.4, -0.2) is 33.8 Å². The first-order chi connectivity index (χ1) is 18.0. The average molecular weight is 530 g/mol. The lowest BCUT2D eigenvalue weighted by Crippen LogP contribution is -2.44. The Hall–Kier alpha value is -4.39. The van der Waals surface area contributed by atoms with Crippen LogP contribution < -0.4 is 5.69 Å². The zero-order chi connectivity index (χ0) is 27.2. The van der Waals surface area contributed by atoms with Crippen molar-refractivity contribution in [3.63, 3.8) is 0 Å². The molecule has 0 aliphatic heterocycles. The number of fused-ring (bicyclic) bond motifs is 1. The zero-order valence-electron chi connectivity index (χ0n) is 19.6. The first-order valence-electron chi connectivity index (χ1n) is 11.3. The van der Waals surface area contributed by atoms with Crippen molar-refractivity contribution in [2.24, 2.45) is 0 Å². The van der Waals surface area contributed by atoms with Gasteiger partial charge < -0.3 is 5.11 Å². The molecule has 0 fully saturated rings. The minimum absolute atomic E-state index is 0.209. The maximum Gasteiger partial charge on any atom is 0.416 e. The number of halogens is 5. The SMILES string of the molecule is C[C@@H](n1ccc2nc(-c3ccc(C(F)(F)F)cc3)cn2c1=O)[C@](O)(Cn1cncn1)c1ccc(F)cc1F. The Morgan fingerprint density at radius 3 is 2.42 bits per heavy atom. The Balaban J connectivity index is 1.58. The summed E-state index contributed by atoms with van der Waals surface area (Å²) < 4.78 is 70.8. The molecule has 0 aliphatic carbocycles. The Labute approximate surface area is 211 Å². The van der Waals surface area contributed by atoms with E-state index in [1.54, 1.807) is 0 Å². The predicted molar refractivity (Wildman–Crippen MR) is 125 cm³/mol. The van der Waals surface area contributed by atoms with Crippen LogP contribution in [0.2, 0.25) is 0 Å². The number of imidazole rings is 1. The molecule has 1 N–H and O–H groups in total. The largest absolute Gasteiger partial charge is 0.416 e. The van der Waals surface area contributed by atoms with Crippen LogP contribution in [0.15, 0.2) is 78.4 Å². The highest BCUT2D eigenvalue weighted by Gasteiger charge is 2.41. The Kier molecular flexibility index (Phi) is 6.10. The van der Waals surface area contributed by atoms with Crippen LogP contribution >= 0.6 is 0 Å². The van der Waals surface area contributed by atoms with Crippen LogP contribution in [-0.2, 0) is 18.3 Å². The molecule has 0 amide bonds. The van der Waals surface area contributed by atoms with E-state index in [9.17, 15) is 31.9 Å². The van der Waals surface area contributed by atoms with Crippen molar-refractivity contribution in [2.45, 2.75) is 31.3 Å². The number of rotatable bonds is 6. The van der Waals surface area contributed by atoms with Crippen LogP contribution in [0, 0.1) is 11.6 Å². The molecule has 38 heavy (non-hydrogen) atoms. The van der Waals surface area contributed by atoms with Gasteiger partial charge in [0.1, 0.15) is 35.5 Å². The summed E-state index contributed by atoms with van der Waals surface area (Å²) in [4.78, 5) is 21.6. The van der Waals surface area contributed by atoms with Crippen molar-refractivity contribution in [1.82, 2.24) is 28.7 Å². The Morgan fingerprint density at radius 2 is 1.79 bits per heavy atom. The standard InChI is InChI=1S/C25H19F5N6O2/c1-15(24(38,12-34-14-31-13-32-34)19-7-6-18(26)10-20(19)27)35-9-8-22-33-21(11-36(22)23(35)37)16-2-4-17(5-3-16)25(28,29)30/h2-11,13-15,38H,12H2,1H3/t15-,24-/m1/s1. The van der Waals surface area contributed by atoms with Crippen LogP contribution in [0.3, 0.4) is 0 Å². The molecule has 5 aromatic rings. The van der Waals surface area contributed by atoms with Gasteiger partial charge in [0.2, 0.25) is 0 Å². The summed E-state index contributed by atoms with van der Waals surface area (Å²) in [6.07, 6.45) is 0.752. The van der Waals surface area contributed by atoms with Crippen molar-refractivity contribution < 1.29 is 27.1 Å². The summed E-state index contributed by atoms with van der Waals surface area (Å²) in [5.74, 6) is -1.85. The summed E-state index contributed by atoms with van der Waals surface area (Å²) >= 11 is 0. The van der Waals surface area contributed by atoms with Crippen molar-refractivity contribution in [3.05, 3.63) is 107 Å². The molecule has 2 atom stereocenters. The molecule has 0 bridgehead atoms. The number of hydrogen-bond acceptors (Lipinski definition) is 5. The molecule has 0 saturated carbocycles. The minimum Gasteiger partial charge on any atom is -0.381 e. The number of alkyl halides is 3. The number of nitrogens with zero attached hydrogens (tertiary/aromatic N) is 6. The van der Waals surface area contributed by atoms with E-state index < -0.39 is 40.7 Å². The lowest BCUT2D eigenvalue weighted by Gasteiger charge is -2.35. The Bertz CT molecular complexity index is 1660. The second-order valence-electron chi connectivity index (χ2n) is 8.75. The summed E-state index contributed by atoms with van der Waals surface area (Å²) in [6.45, 7) is 1.17. The van der Waals surface area contributed by atoms with Gasteiger partial charge in [0.25, 0.3) is 0 Å². The summed E-state index contributed by atoms with van der Waals surface area (Å²) in [5, 5.41) is 15.7. The van der Waals surface area contributed by atoms with E-state index in [4.69, 9.17) is 0 Å². The van der Waals surface area contributed by atoms with Crippen molar-refractivity contribution >= 4 is 5.65 Å². The zero-order valence-corrected chi connectivity index (χ0v) is 19.6. The number of aromatic nitrogens is 6. The second-order valence-corrected chi connectivity index (χ2v) is 8.75. The molecule has 0 aliphatic rings. The third-order valence-electron chi connectivity index (χ3n) is 6.43. The molecule has 0 unspecified atom stereocenters. The van der Waals surface area contributed by atoms with E-state index in [2.05, 4.69) is 15.1 Å². The third-order valence-corrected chi connectivity index (χ3v) is 6.43. The smallest absolute Gasteiger partial charge is 0.381 e. The van der Waals surface area contributed by atoms with E-state index >= 15 is 0 Å². The summed E-state index contributed by atoms with van der Waals surface area (Å²) in [6, 6.07) is 7.43. The van der Waals surface area contributed by atoms with E-state index in [-0.39, 0.29) is 23.4 Å². The molecule has 13 heteroatoms. The highest BCUT2D eigenvalue weighted by Crippen LogP contribution is 2.36. The Morgan fingerprint density at radius 1 is 1.05 bits per heavy atom. The number of aliphatic hydroxyl groups is 1. The van der Waals surface area contributed by atoms with Gasteiger partial charge in [-0.1, -0.05) is 18.2 Å². The number of hydrogen-bond donors (Lipinski definition) is 1. The molecule has 8 nitrogen and oxygen atoms in total. The first-order valence-corrected chi connectivity index (χ1v) is 11.3. The predicted octanol–water partition coefficient (Wildman–Crippen LogP) is 4.20. The van der Waals surface area contributed by atoms with Crippen LogP contribution in [0.25, 0.3) is 16.9 Å². The topological polar surface area (TPSA) is 90.2 Å². The van der Waals surface area contributed by atoms with Crippen molar-refractivity contribution in [3.8, 4) is 11.3 Å². The van der Waals surface area contributed by atoms with Crippen LogP contribution in [0.1, 0.15) is 24.1 Å².